The maximum Gasteiger partial charge on any atom is 0.416 e. The summed E-state index contributed by atoms with van der Waals surface area (Å²) >= 11 is 0. The van der Waals surface area contributed by atoms with E-state index in [9.17, 15) is 81.2 Å². The number of aryl methyl sites for hydroxylation is 1. The zero-order chi connectivity index (χ0) is 40.2. The van der Waals surface area contributed by atoms with Crippen LogP contribution >= 0.6 is 0 Å². The first-order valence-corrected chi connectivity index (χ1v) is 15.4. The Morgan fingerprint density at radius 1 is 0.827 bits per heavy atom. The van der Waals surface area contributed by atoms with E-state index in [4.69, 9.17) is 0 Å². The van der Waals surface area contributed by atoms with Crippen LogP contribution in [0.15, 0.2) is 36.4 Å². The Morgan fingerprint density at radius 2 is 1.31 bits per heavy atom. The lowest BCUT2D eigenvalue weighted by Gasteiger charge is -2.62. The van der Waals surface area contributed by atoms with Crippen LogP contribution in [0.5, 0.6) is 0 Å². The lowest BCUT2D eigenvalue weighted by Crippen LogP contribution is -2.91. The first kappa shape index (κ1) is 42.7. The van der Waals surface area contributed by atoms with Gasteiger partial charge in [0.15, 0.2) is 0 Å². The number of carbonyl (C=O) groups is 2. The molecule has 3 rings (SSSR count). The van der Waals surface area contributed by atoms with Gasteiger partial charge in [0, 0.05) is 33.1 Å². The van der Waals surface area contributed by atoms with Crippen molar-refractivity contribution < 1.29 is 81.2 Å². The summed E-state index contributed by atoms with van der Waals surface area (Å²) in [4.78, 5) is 26.6. The molecule has 1 aliphatic rings. The third kappa shape index (κ3) is 7.82. The van der Waals surface area contributed by atoms with Crippen LogP contribution in [0.4, 0.5) is 35.5 Å². The highest BCUT2D eigenvalue weighted by atomic mass is 19.4. The summed E-state index contributed by atoms with van der Waals surface area (Å²) in [5.74, 6) is -19.6. The molecular weight excluding hydrogens is 721 g/mol. The van der Waals surface area contributed by atoms with Crippen molar-refractivity contribution in [1.29, 1.82) is 0 Å². The number of aliphatic hydroxyl groups is 8. The van der Waals surface area contributed by atoms with Crippen LogP contribution in [-0.2, 0) is 23.7 Å². The first-order valence-electron chi connectivity index (χ1n) is 15.4. The van der Waals surface area contributed by atoms with Crippen LogP contribution in [0.2, 0.25) is 0 Å². The van der Waals surface area contributed by atoms with E-state index in [1.165, 1.54) is 19.9 Å². The standard InChI is InChI=1S/C31H39F7N4O10/c1-6-24(42-30(49,50)28(45,46)41(18(4)43)29(47,48)31(42,51)52)9-10-40(15-19-7-8-23(32)11-16(19)2)25(44)39(5)17(3)20-12-21(26(33,34)35)14-22(13-20)27(36,37)38/h7-8,11-14,17,24,45-52H,6,9-10,15H2,1-5H3. The molecule has 0 aromatic heterocycles. The summed E-state index contributed by atoms with van der Waals surface area (Å²) in [7, 11) is 1.06. The van der Waals surface area contributed by atoms with E-state index in [1.807, 2.05) is 0 Å². The molecule has 3 amide bonds. The lowest BCUT2D eigenvalue weighted by molar-refractivity contribution is -0.604. The smallest absolute Gasteiger partial charge is 0.347 e. The summed E-state index contributed by atoms with van der Waals surface area (Å²) in [6, 6.07) is -0.116. The molecular formula is C31H39F7N4O10. The van der Waals surface area contributed by atoms with Crippen molar-refractivity contribution in [2.75, 3.05) is 13.6 Å². The van der Waals surface area contributed by atoms with Crippen LogP contribution in [0.3, 0.4) is 0 Å². The van der Waals surface area contributed by atoms with Gasteiger partial charge in [-0.2, -0.15) is 31.2 Å². The summed E-state index contributed by atoms with van der Waals surface area (Å²) < 4.78 is 95.4. The second-order valence-electron chi connectivity index (χ2n) is 12.5. The Labute approximate surface area is 291 Å². The van der Waals surface area contributed by atoms with Crippen molar-refractivity contribution in [2.24, 2.45) is 0 Å². The monoisotopic (exact) mass is 760 g/mol. The van der Waals surface area contributed by atoms with Crippen molar-refractivity contribution in [3.8, 4) is 0 Å². The highest BCUT2D eigenvalue weighted by Crippen LogP contribution is 2.46. The Hall–Kier alpha value is -3.67. The highest BCUT2D eigenvalue weighted by Gasteiger charge is 2.78. The molecule has 1 heterocycles. The number of rotatable bonds is 9. The van der Waals surface area contributed by atoms with Gasteiger partial charge in [-0.1, -0.05) is 13.0 Å². The number of piperazine rings is 1. The van der Waals surface area contributed by atoms with Gasteiger partial charge in [0.1, 0.15) is 5.82 Å². The minimum absolute atomic E-state index is 0.0889. The molecule has 1 fully saturated rings. The lowest BCUT2D eigenvalue weighted by atomic mass is 9.98. The second kappa shape index (κ2) is 14.3. The minimum Gasteiger partial charge on any atom is -0.347 e. The van der Waals surface area contributed by atoms with Gasteiger partial charge in [0.05, 0.1) is 17.2 Å². The van der Waals surface area contributed by atoms with Crippen molar-refractivity contribution in [1.82, 2.24) is 19.6 Å². The number of benzene rings is 2. The predicted octanol–water partition coefficient (Wildman–Crippen LogP) is 1.67. The van der Waals surface area contributed by atoms with Crippen molar-refractivity contribution >= 4 is 11.9 Å². The number of alkyl halides is 6. The molecule has 8 N–H and O–H groups in total. The number of hydrogen-bond donors (Lipinski definition) is 8. The maximum absolute atomic E-state index is 14.0. The Kier molecular flexibility index (Phi) is 11.7. The van der Waals surface area contributed by atoms with E-state index in [0.29, 0.717) is 24.6 Å². The maximum atomic E-state index is 14.0. The Balaban J connectivity index is 2.08. The molecule has 1 aliphatic heterocycles. The fourth-order valence-corrected chi connectivity index (χ4v) is 5.94. The Morgan fingerprint density at radius 3 is 1.71 bits per heavy atom. The highest BCUT2D eigenvalue weighted by molar-refractivity contribution is 5.75. The van der Waals surface area contributed by atoms with Gasteiger partial charge in [0.2, 0.25) is 5.91 Å². The first-order chi connectivity index (χ1) is 23.4. The molecule has 2 aromatic rings. The molecule has 0 radical (unpaired) electrons. The quantitative estimate of drug-likeness (QED) is 0.136. The minimum atomic E-state index is -5.19. The van der Waals surface area contributed by atoms with Crippen LogP contribution in [0, 0.1) is 12.7 Å². The van der Waals surface area contributed by atoms with Gasteiger partial charge in [-0.05, 0) is 73.7 Å². The SMILES string of the molecule is CCC(CCN(Cc1ccc(F)cc1C)C(=O)N(C)C(C)c1cc(C(F)(F)F)cc(C(F)(F)F)c1)N1C(O)(O)C(O)(O)N(C(C)=O)C(O)(O)C1(O)O. The fraction of sp³-hybridized carbons (Fsp3) is 0.548. The van der Waals surface area contributed by atoms with E-state index >= 15 is 0 Å². The van der Waals surface area contributed by atoms with E-state index < -0.39 is 113 Å². The van der Waals surface area contributed by atoms with Gasteiger partial charge in [-0.3, -0.25) is 4.79 Å². The topological polar surface area (TPSA) is 209 Å². The Bertz CT molecular complexity index is 1590. The molecule has 2 aromatic carbocycles. The average Bonchev–Trinajstić information content (AvgIpc) is 2.99. The van der Waals surface area contributed by atoms with Crippen molar-refractivity contribution in [2.45, 2.75) is 95.2 Å². The van der Waals surface area contributed by atoms with E-state index in [-0.39, 0.29) is 16.5 Å². The molecule has 292 valence electrons. The van der Waals surface area contributed by atoms with Crippen LogP contribution < -0.4 is 0 Å². The van der Waals surface area contributed by atoms with Gasteiger partial charge in [-0.25, -0.2) is 14.1 Å². The van der Waals surface area contributed by atoms with E-state index in [1.54, 1.807) is 0 Å². The molecule has 2 unspecified atom stereocenters. The van der Waals surface area contributed by atoms with Crippen molar-refractivity contribution in [3.05, 3.63) is 70.0 Å². The third-order valence-electron chi connectivity index (χ3n) is 8.99. The number of carbonyl (C=O) groups excluding carboxylic acids is 2. The zero-order valence-corrected chi connectivity index (χ0v) is 28.3. The number of urea groups is 1. The largest absolute Gasteiger partial charge is 0.416 e. The summed E-state index contributed by atoms with van der Waals surface area (Å²) in [5.41, 5.74) is -3.27. The normalized spacial score (nSPS) is 19.6. The molecule has 0 bridgehead atoms. The summed E-state index contributed by atoms with van der Waals surface area (Å²) in [5, 5.41) is 85.5. The molecule has 14 nitrogen and oxygen atoms in total. The molecule has 1 saturated heterocycles. The summed E-state index contributed by atoms with van der Waals surface area (Å²) in [6.45, 7) is 3.34. The molecule has 21 heteroatoms. The van der Waals surface area contributed by atoms with Crippen LogP contribution in [-0.4, -0.2) is 116 Å². The molecule has 0 saturated carbocycles. The third-order valence-corrected chi connectivity index (χ3v) is 8.99. The number of nitrogens with zero attached hydrogens (tertiary/aromatic N) is 4. The van der Waals surface area contributed by atoms with Crippen molar-refractivity contribution in [3.63, 3.8) is 0 Å². The zero-order valence-electron chi connectivity index (χ0n) is 28.3. The van der Waals surface area contributed by atoms with Gasteiger partial charge >= 0.3 is 42.0 Å². The average molecular weight is 761 g/mol. The predicted molar refractivity (Wildman–Crippen MR) is 161 cm³/mol. The van der Waals surface area contributed by atoms with Gasteiger partial charge < -0.3 is 50.7 Å². The molecule has 0 spiro atoms. The van der Waals surface area contributed by atoms with E-state index in [0.717, 1.165) is 35.9 Å². The number of amides is 3. The van der Waals surface area contributed by atoms with Gasteiger partial charge in [-0.15, -0.1) is 0 Å². The summed E-state index contributed by atoms with van der Waals surface area (Å²) in [6.07, 6.45) is -11.4. The van der Waals surface area contributed by atoms with Crippen LogP contribution in [0.25, 0.3) is 0 Å². The molecule has 52 heavy (non-hydrogen) atoms. The second-order valence-corrected chi connectivity index (χ2v) is 12.5. The number of halogens is 7. The fourth-order valence-electron chi connectivity index (χ4n) is 5.94. The molecule has 2 atom stereocenters. The van der Waals surface area contributed by atoms with E-state index in [2.05, 4.69) is 0 Å². The number of hydrogen-bond acceptors (Lipinski definition) is 11. The van der Waals surface area contributed by atoms with Crippen LogP contribution in [0.1, 0.15) is 67.5 Å². The molecule has 0 aliphatic carbocycles. The van der Waals surface area contributed by atoms with Gasteiger partial charge in [0.25, 0.3) is 0 Å².